The van der Waals surface area contributed by atoms with E-state index in [1.54, 1.807) is 18.2 Å². The maximum absolute atomic E-state index is 14.1. The van der Waals surface area contributed by atoms with E-state index in [0.717, 1.165) is 76.2 Å². The van der Waals surface area contributed by atoms with Crippen LogP contribution in [-0.4, -0.2) is 47.4 Å². The van der Waals surface area contributed by atoms with Crippen LogP contribution in [0.5, 0.6) is 0 Å². The van der Waals surface area contributed by atoms with Gasteiger partial charge in [-0.25, -0.2) is 13.5 Å². The first kappa shape index (κ1) is 22.5. The smallest absolute Gasteiger partial charge is 0.146 e. The number of anilines is 1. The predicted octanol–water partition coefficient (Wildman–Crippen LogP) is 5.25. The van der Waals surface area contributed by atoms with Crippen molar-refractivity contribution in [2.24, 2.45) is 0 Å². The molecular formula is C26H32F2N4. The lowest BCUT2D eigenvalue weighted by atomic mass is 10.1. The van der Waals surface area contributed by atoms with Gasteiger partial charge >= 0.3 is 0 Å². The molecule has 1 aliphatic rings. The minimum atomic E-state index is -0.233. The minimum absolute atomic E-state index is 0.145. The van der Waals surface area contributed by atoms with Gasteiger partial charge in [-0.05, 0) is 74.7 Å². The van der Waals surface area contributed by atoms with E-state index in [0.29, 0.717) is 5.69 Å². The van der Waals surface area contributed by atoms with Crippen molar-refractivity contribution in [1.29, 1.82) is 0 Å². The van der Waals surface area contributed by atoms with Gasteiger partial charge in [-0.15, -0.1) is 0 Å². The molecule has 1 saturated heterocycles. The highest BCUT2D eigenvalue weighted by atomic mass is 19.1. The summed E-state index contributed by atoms with van der Waals surface area (Å²) in [6.45, 7) is 6.75. The van der Waals surface area contributed by atoms with Gasteiger partial charge in [-0.1, -0.05) is 25.5 Å². The van der Waals surface area contributed by atoms with Crippen LogP contribution in [0.3, 0.4) is 0 Å². The molecule has 32 heavy (non-hydrogen) atoms. The SMILES string of the molecule is CCCCc1cc(CCCN2CCN(c3ccccc3F)CC2)n(-c2ccc(F)cc2)n1. The number of aryl methyl sites for hydroxylation is 2. The molecule has 3 aromatic rings. The van der Waals surface area contributed by atoms with Crippen LogP contribution in [0.4, 0.5) is 14.5 Å². The highest BCUT2D eigenvalue weighted by molar-refractivity contribution is 5.48. The quantitative estimate of drug-likeness (QED) is 0.456. The van der Waals surface area contributed by atoms with E-state index in [-0.39, 0.29) is 11.6 Å². The molecule has 0 spiro atoms. The summed E-state index contributed by atoms with van der Waals surface area (Å²) >= 11 is 0. The van der Waals surface area contributed by atoms with Crippen LogP contribution < -0.4 is 4.90 Å². The number of rotatable bonds is 9. The molecule has 0 unspecified atom stereocenters. The summed E-state index contributed by atoms with van der Waals surface area (Å²) < 4.78 is 29.4. The molecule has 2 heterocycles. The summed E-state index contributed by atoms with van der Waals surface area (Å²) in [6, 6.07) is 15.8. The average molecular weight is 439 g/mol. The maximum Gasteiger partial charge on any atom is 0.146 e. The molecule has 6 heteroatoms. The summed E-state index contributed by atoms with van der Waals surface area (Å²) in [4.78, 5) is 4.59. The van der Waals surface area contributed by atoms with Gasteiger partial charge in [0.25, 0.3) is 0 Å². The highest BCUT2D eigenvalue weighted by Crippen LogP contribution is 2.21. The van der Waals surface area contributed by atoms with Crippen LogP contribution in [0.1, 0.15) is 37.6 Å². The Balaban J connectivity index is 1.34. The first-order valence-corrected chi connectivity index (χ1v) is 11.7. The largest absolute Gasteiger partial charge is 0.367 e. The van der Waals surface area contributed by atoms with E-state index in [4.69, 9.17) is 5.10 Å². The van der Waals surface area contributed by atoms with Gasteiger partial charge in [0.1, 0.15) is 11.6 Å². The van der Waals surface area contributed by atoms with Crippen molar-refractivity contribution in [2.75, 3.05) is 37.6 Å². The third-order valence-electron chi connectivity index (χ3n) is 6.16. The molecule has 0 aliphatic carbocycles. The summed E-state index contributed by atoms with van der Waals surface area (Å²) in [5.41, 5.74) is 3.88. The Hall–Kier alpha value is -2.73. The normalized spacial score (nSPS) is 14.8. The molecule has 1 fully saturated rings. The Morgan fingerprint density at radius 2 is 1.62 bits per heavy atom. The van der Waals surface area contributed by atoms with Crippen LogP contribution in [0.2, 0.25) is 0 Å². The second kappa shape index (κ2) is 10.7. The monoisotopic (exact) mass is 438 g/mol. The van der Waals surface area contributed by atoms with E-state index in [9.17, 15) is 8.78 Å². The first-order chi connectivity index (χ1) is 15.6. The molecule has 0 amide bonds. The van der Waals surface area contributed by atoms with Gasteiger partial charge in [-0.3, -0.25) is 4.90 Å². The molecule has 1 aliphatic heterocycles. The molecule has 4 rings (SSSR count). The fourth-order valence-electron chi connectivity index (χ4n) is 4.34. The third kappa shape index (κ3) is 5.54. The van der Waals surface area contributed by atoms with Gasteiger partial charge in [0, 0.05) is 31.9 Å². The predicted molar refractivity (Wildman–Crippen MR) is 126 cm³/mol. The zero-order valence-corrected chi connectivity index (χ0v) is 18.8. The van der Waals surface area contributed by atoms with Crippen molar-refractivity contribution in [3.63, 3.8) is 0 Å². The molecule has 0 bridgehead atoms. The number of benzene rings is 2. The number of piperazine rings is 1. The van der Waals surface area contributed by atoms with E-state index in [1.165, 1.54) is 23.9 Å². The number of nitrogens with zero attached hydrogens (tertiary/aromatic N) is 4. The molecule has 0 N–H and O–H groups in total. The molecule has 0 radical (unpaired) electrons. The van der Waals surface area contributed by atoms with Gasteiger partial charge < -0.3 is 4.90 Å². The molecule has 2 aromatic carbocycles. The first-order valence-electron chi connectivity index (χ1n) is 11.7. The molecule has 0 atom stereocenters. The number of halogens is 2. The minimum Gasteiger partial charge on any atom is -0.367 e. The van der Waals surface area contributed by atoms with Gasteiger partial charge in [0.05, 0.1) is 17.1 Å². The van der Waals surface area contributed by atoms with Gasteiger partial charge in [0.15, 0.2) is 0 Å². The van der Waals surface area contributed by atoms with Crippen molar-refractivity contribution in [3.8, 4) is 5.69 Å². The number of hydrogen-bond acceptors (Lipinski definition) is 3. The van der Waals surface area contributed by atoms with Crippen molar-refractivity contribution in [2.45, 2.75) is 39.0 Å². The van der Waals surface area contributed by atoms with Crippen molar-refractivity contribution in [3.05, 3.63) is 77.6 Å². The lowest BCUT2D eigenvalue weighted by Crippen LogP contribution is -2.47. The van der Waals surface area contributed by atoms with E-state index in [1.807, 2.05) is 16.8 Å². The fourth-order valence-corrected chi connectivity index (χ4v) is 4.34. The standard InChI is InChI=1S/C26H32F2N4/c1-2-3-7-22-20-24(32(29-22)23-13-11-21(27)12-14-23)8-6-15-30-16-18-31(19-17-30)26-10-5-4-9-25(26)28/h4-5,9-14,20H,2-3,6-8,15-19H2,1H3. The van der Waals surface area contributed by atoms with Gasteiger partial charge in [0.2, 0.25) is 0 Å². The fraction of sp³-hybridized carbons (Fsp3) is 0.423. The van der Waals surface area contributed by atoms with E-state index >= 15 is 0 Å². The van der Waals surface area contributed by atoms with E-state index < -0.39 is 0 Å². The third-order valence-corrected chi connectivity index (χ3v) is 6.16. The van der Waals surface area contributed by atoms with Crippen LogP contribution in [0.25, 0.3) is 5.69 Å². The van der Waals surface area contributed by atoms with Crippen molar-refractivity contribution < 1.29 is 8.78 Å². The molecule has 1 aromatic heterocycles. The number of aromatic nitrogens is 2. The van der Waals surface area contributed by atoms with Crippen LogP contribution >= 0.6 is 0 Å². The molecule has 0 saturated carbocycles. The Morgan fingerprint density at radius 3 is 2.34 bits per heavy atom. The summed E-state index contributed by atoms with van der Waals surface area (Å²) in [5, 5.41) is 4.80. The molecule has 170 valence electrons. The van der Waals surface area contributed by atoms with Crippen molar-refractivity contribution >= 4 is 5.69 Å². The van der Waals surface area contributed by atoms with Gasteiger partial charge in [-0.2, -0.15) is 5.10 Å². The second-order valence-corrected chi connectivity index (χ2v) is 8.50. The number of para-hydroxylation sites is 1. The lowest BCUT2D eigenvalue weighted by Gasteiger charge is -2.36. The zero-order chi connectivity index (χ0) is 22.3. The number of unbranched alkanes of at least 4 members (excludes halogenated alkanes) is 1. The van der Waals surface area contributed by atoms with Crippen LogP contribution in [-0.2, 0) is 12.8 Å². The topological polar surface area (TPSA) is 24.3 Å². The Morgan fingerprint density at radius 1 is 0.875 bits per heavy atom. The Kier molecular flexibility index (Phi) is 7.53. The van der Waals surface area contributed by atoms with Crippen LogP contribution in [0.15, 0.2) is 54.6 Å². The Labute approximate surface area is 189 Å². The summed E-state index contributed by atoms with van der Waals surface area (Å²) in [6.07, 6.45) is 5.17. The molecular weight excluding hydrogens is 406 g/mol. The van der Waals surface area contributed by atoms with Crippen molar-refractivity contribution in [1.82, 2.24) is 14.7 Å². The molecule has 4 nitrogen and oxygen atoms in total. The Bertz CT molecular complexity index is 991. The summed E-state index contributed by atoms with van der Waals surface area (Å²) in [7, 11) is 0. The highest BCUT2D eigenvalue weighted by Gasteiger charge is 2.19. The maximum atomic E-state index is 14.1. The average Bonchev–Trinajstić information content (AvgIpc) is 3.22. The second-order valence-electron chi connectivity index (χ2n) is 8.50. The lowest BCUT2D eigenvalue weighted by molar-refractivity contribution is 0.254. The number of hydrogen-bond donors (Lipinski definition) is 0. The van der Waals surface area contributed by atoms with E-state index in [2.05, 4.69) is 22.8 Å². The van der Waals surface area contributed by atoms with Crippen LogP contribution in [0, 0.1) is 11.6 Å². The summed E-state index contributed by atoms with van der Waals surface area (Å²) in [5.74, 6) is -0.378. The zero-order valence-electron chi connectivity index (χ0n) is 18.8.